The Hall–Kier alpha value is -2.81. The molecule has 2 rings (SSSR count). The van der Waals surface area contributed by atoms with E-state index in [1.54, 1.807) is 31.2 Å². The smallest absolute Gasteiger partial charge is 0.340 e. The van der Waals surface area contributed by atoms with Crippen molar-refractivity contribution in [3.05, 3.63) is 59.7 Å². The SMILES string of the molecule is C[C@H](NCc1ccc(OCc2ccc(OCC(F)(F)C(F)F)cc2)cc1)C(N)=O. The lowest BCUT2D eigenvalue weighted by Crippen LogP contribution is -2.38. The minimum absolute atomic E-state index is 0.0658. The molecule has 29 heavy (non-hydrogen) atoms. The van der Waals surface area contributed by atoms with Crippen molar-refractivity contribution in [2.45, 2.75) is 38.5 Å². The van der Waals surface area contributed by atoms with Gasteiger partial charge in [0.15, 0.2) is 6.61 Å². The maximum absolute atomic E-state index is 12.9. The van der Waals surface area contributed by atoms with E-state index in [1.807, 2.05) is 12.1 Å². The van der Waals surface area contributed by atoms with Gasteiger partial charge in [0.1, 0.15) is 18.1 Å². The lowest BCUT2D eigenvalue weighted by Gasteiger charge is -2.16. The second-order valence-corrected chi connectivity index (χ2v) is 6.43. The highest BCUT2D eigenvalue weighted by Gasteiger charge is 2.41. The van der Waals surface area contributed by atoms with Crippen molar-refractivity contribution in [2.75, 3.05) is 6.61 Å². The number of halogens is 4. The molecule has 0 bridgehead atoms. The topological polar surface area (TPSA) is 73.6 Å². The lowest BCUT2D eigenvalue weighted by molar-refractivity contribution is -0.148. The molecule has 0 saturated heterocycles. The van der Waals surface area contributed by atoms with Gasteiger partial charge in [0.25, 0.3) is 0 Å². The molecule has 3 N–H and O–H groups in total. The molecule has 2 aromatic rings. The zero-order valence-corrected chi connectivity index (χ0v) is 15.7. The third-order valence-corrected chi connectivity index (χ3v) is 4.04. The maximum atomic E-state index is 12.9. The van der Waals surface area contributed by atoms with Crippen LogP contribution in [0.2, 0.25) is 0 Å². The molecule has 0 aliphatic carbocycles. The summed E-state index contributed by atoms with van der Waals surface area (Å²) in [6.07, 6.45) is -3.77. The predicted molar refractivity (Wildman–Crippen MR) is 99.2 cm³/mol. The highest BCUT2D eigenvalue weighted by atomic mass is 19.3. The highest BCUT2D eigenvalue weighted by Crippen LogP contribution is 2.24. The lowest BCUT2D eigenvalue weighted by atomic mass is 10.2. The maximum Gasteiger partial charge on any atom is 0.340 e. The van der Waals surface area contributed by atoms with Crippen molar-refractivity contribution in [1.82, 2.24) is 5.32 Å². The first-order valence-electron chi connectivity index (χ1n) is 8.79. The summed E-state index contributed by atoms with van der Waals surface area (Å²) in [5, 5.41) is 2.99. The summed E-state index contributed by atoms with van der Waals surface area (Å²) >= 11 is 0. The molecule has 2 aromatic carbocycles. The Morgan fingerprint density at radius 2 is 1.52 bits per heavy atom. The van der Waals surface area contributed by atoms with Gasteiger partial charge in [0.05, 0.1) is 6.04 Å². The summed E-state index contributed by atoms with van der Waals surface area (Å²) in [5.74, 6) is -3.93. The monoisotopic (exact) mass is 414 g/mol. The average molecular weight is 414 g/mol. The van der Waals surface area contributed by atoms with E-state index < -0.39 is 30.9 Å². The summed E-state index contributed by atoms with van der Waals surface area (Å²) in [5.41, 5.74) is 6.88. The van der Waals surface area contributed by atoms with Crippen LogP contribution in [-0.4, -0.2) is 30.9 Å². The molecule has 0 aliphatic rings. The minimum Gasteiger partial charge on any atom is -0.489 e. The van der Waals surface area contributed by atoms with Crippen LogP contribution < -0.4 is 20.5 Å². The van der Waals surface area contributed by atoms with Gasteiger partial charge in [-0.3, -0.25) is 4.79 Å². The van der Waals surface area contributed by atoms with Gasteiger partial charge in [0.2, 0.25) is 5.91 Å². The average Bonchev–Trinajstić information content (AvgIpc) is 2.70. The summed E-state index contributed by atoms with van der Waals surface area (Å²) in [6, 6.07) is 12.8. The van der Waals surface area contributed by atoms with E-state index in [0.717, 1.165) is 11.1 Å². The number of hydrogen-bond donors (Lipinski definition) is 2. The Labute approximate surface area is 165 Å². The minimum atomic E-state index is -4.19. The Morgan fingerprint density at radius 3 is 2.03 bits per heavy atom. The molecule has 0 unspecified atom stereocenters. The fourth-order valence-corrected chi connectivity index (χ4v) is 2.17. The fraction of sp³-hybridized carbons (Fsp3) is 0.350. The third kappa shape index (κ3) is 7.26. The van der Waals surface area contributed by atoms with Crippen LogP contribution in [0.15, 0.2) is 48.5 Å². The first kappa shape index (κ1) is 22.5. The number of nitrogens with one attached hydrogen (secondary N) is 1. The quantitative estimate of drug-likeness (QED) is 0.552. The van der Waals surface area contributed by atoms with E-state index in [4.69, 9.17) is 15.2 Å². The zero-order valence-electron chi connectivity index (χ0n) is 15.7. The van der Waals surface area contributed by atoms with Gasteiger partial charge in [-0.2, -0.15) is 8.78 Å². The summed E-state index contributed by atoms with van der Waals surface area (Å²) < 4.78 is 60.3. The second kappa shape index (κ2) is 10.1. The molecule has 0 aliphatic heterocycles. The predicted octanol–water partition coefficient (Wildman–Crippen LogP) is 3.51. The number of benzene rings is 2. The first-order chi connectivity index (χ1) is 13.7. The van der Waals surface area contributed by atoms with Crippen molar-refractivity contribution >= 4 is 5.91 Å². The molecule has 0 spiro atoms. The Kier molecular flexibility index (Phi) is 7.83. The van der Waals surface area contributed by atoms with Gasteiger partial charge >= 0.3 is 12.3 Å². The molecular formula is C20H22F4N2O3. The van der Waals surface area contributed by atoms with Gasteiger partial charge < -0.3 is 20.5 Å². The number of rotatable bonds is 11. The van der Waals surface area contributed by atoms with Crippen LogP contribution >= 0.6 is 0 Å². The molecule has 1 amide bonds. The Bertz CT molecular complexity index is 783. The zero-order chi connectivity index (χ0) is 21.4. The number of amides is 1. The van der Waals surface area contributed by atoms with Crippen molar-refractivity contribution < 1.29 is 31.8 Å². The van der Waals surface area contributed by atoms with E-state index in [1.165, 1.54) is 12.1 Å². The van der Waals surface area contributed by atoms with Gasteiger partial charge in [-0.25, -0.2) is 8.78 Å². The summed E-state index contributed by atoms with van der Waals surface area (Å²) in [6.45, 7) is 1.00. The van der Waals surface area contributed by atoms with Crippen molar-refractivity contribution in [1.29, 1.82) is 0 Å². The number of alkyl halides is 4. The molecule has 0 radical (unpaired) electrons. The van der Waals surface area contributed by atoms with Gasteiger partial charge in [0, 0.05) is 6.54 Å². The van der Waals surface area contributed by atoms with E-state index in [9.17, 15) is 22.4 Å². The van der Waals surface area contributed by atoms with Gasteiger partial charge in [-0.15, -0.1) is 0 Å². The number of carbonyl (C=O) groups is 1. The summed E-state index contributed by atoms with van der Waals surface area (Å²) in [4.78, 5) is 11.0. The van der Waals surface area contributed by atoms with Crippen molar-refractivity contribution in [2.24, 2.45) is 5.73 Å². The Morgan fingerprint density at radius 1 is 1.00 bits per heavy atom. The molecule has 0 fully saturated rings. The Balaban J connectivity index is 1.80. The van der Waals surface area contributed by atoms with Crippen LogP contribution in [0.25, 0.3) is 0 Å². The van der Waals surface area contributed by atoms with Gasteiger partial charge in [-0.1, -0.05) is 24.3 Å². The van der Waals surface area contributed by atoms with Crippen LogP contribution in [0.1, 0.15) is 18.1 Å². The number of ether oxygens (including phenoxy) is 2. The molecular weight excluding hydrogens is 392 g/mol. The summed E-state index contributed by atoms with van der Waals surface area (Å²) in [7, 11) is 0. The number of hydrogen-bond acceptors (Lipinski definition) is 4. The fourth-order valence-electron chi connectivity index (χ4n) is 2.17. The van der Waals surface area contributed by atoms with E-state index in [-0.39, 0.29) is 12.4 Å². The van der Waals surface area contributed by atoms with E-state index in [2.05, 4.69) is 5.32 Å². The van der Waals surface area contributed by atoms with Crippen LogP contribution in [0.5, 0.6) is 11.5 Å². The number of carbonyl (C=O) groups excluding carboxylic acids is 1. The van der Waals surface area contributed by atoms with E-state index in [0.29, 0.717) is 12.3 Å². The standard InChI is InChI=1S/C20H22F4N2O3/c1-13(18(25)27)26-10-14-2-6-16(7-3-14)28-11-15-4-8-17(9-5-15)29-12-20(23,24)19(21)22/h2-9,13,19,26H,10-12H2,1H3,(H2,25,27)/t13-/m0/s1. The van der Waals surface area contributed by atoms with Gasteiger partial charge in [-0.05, 0) is 42.3 Å². The van der Waals surface area contributed by atoms with Crippen molar-refractivity contribution in [3.8, 4) is 11.5 Å². The number of nitrogens with two attached hydrogens (primary N) is 1. The van der Waals surface area contributed by atoms with E-state index >= 15 is 0 Å². The molecule has 158 valence electrons. The van der Waals surface area contributed by atoms with Crippen LogP contribution in [0.4, 0.5) is 17.6 Å². The van der Waals surface area contributed by atoms with Crippen LogP contribution in [-0.2, 0) is 17.9 Å². The van der Waals surface area contributed by atoms with Crippen LogP contribution in [0, 0.1) is 0 Å². The normalized spacial score (nSPS) is 12.6. The molecule has 0 saturated carbocycles. The first-order valence-corrected chi connectivity index (χ1v) is 8.79. The largest absolute Gasteiger partial charge is 0.489 e. The molecule has 1 atom stereocenters. The molecule has 9 heteroatoms. The highest BCUT2D eigenvalue weighted by molar-refractivity contribution is 5.79. The second-order valence-electron chi connectivity index (χ2n) is 6.43. The molecule has 5 nitrogen and oxygen atoms in total. The number of primary amides is 1. The molecule has 0 aromatic heterocycles. The third-order valence-electron chi connectivity index (χ3n) is 4.04. The van der Waals surface area contributed by atoms with Crippen LogP contribution in [0.3, 0.4) is 0 Å². The molecule has 0 heterocycles. The van der Waals surface area contributed by atoms with Crippen molar-refractivity contribution in [3.63, 3.8) is 0 Å².